The zero-order chi connectivity index (χ0) is 23.3. The molecule has 0 aromatic heterocycles. The summed E-state index contributed by atoms with van der Waals surface area (Å²) in [5.41, 5.74) is 2.77. The third kappa shape index (κ3) is 5.11. The summed E-state index contributed by atoms with van der Waals surface area (Å²) < 4.78 is 27.3. The van der Waals surface area contributed by atoms with Crippen LogP contribution in [0.2, 0.25) is 0 Å². The molecule has 3 aromatic carbocycles. The molecular formula is C26H26N2O6. The Hall–Kier alpha value is -4.07. The van der Waals surface area contributed by atoms with Gasteiger partial charge < -0.3 is 34.3 Å². The average molecular weight is 463 g/mol. The second-order valence-corrected chi connectivity index (χ2v) is 8.10. The van der Waals surface area contributed by atoms with E-state index in [0.29, 0.717) is 43.2 Å². The van der Waals surface area contributed by atoms with Gasteiger partial charge in [-0.1, -0.05) is 18.2 Å². The molecule has 1 atom stereocenters. The summed E-state index contributed by atoms with van der Waals surface area (Å²) in [4.78, 5) is 12.9. The summed E-state index contributed by atoms with van der Waals surface area (Å²) in [5.74, 6) is 3.55. The number of hydrogen-bond acceptors (Lipinski definition) is 6. The van der Waals surface area contributed by atoms with Crippen molar-refractivity contribution >= 4 is 11.7 Å². The second kappa shape index (κ2) is 9.82. The molecule has 176 valence electrons. The van der Waals surface area contributed by atoms with Crippen LogP contribution in [0.3, 0.4) is 0 Å². The van der Waals surface area contributed by atoms with Crippen molar-refractivity contribution < 1.29 is 28.5 Å². The number of rotatable bonds is 7. The van der Waals surface area contributed by atoms with Crippen molar-refractivity contribution in [2.45, 2.75) is 18.9 Å². The third-order valence-corrected chi connectivity index (χ3v) is 5.70. The fourth-order valence-electron chi connectivity index (χ4n) is 4.05. The van der Waals surface area contributed by atoms with Crippen LogP contribution >= 0.6 is 0 Å². The smallest absolute Gasteiger partial charge is 0.319 e. The molecule has 0 aliphatic carbocycles. The lowest BCUT2D eigenvalue weighted by molar-refractivity contribution is 0.171. The van der Waals surface area contributed by atoms with E-state index in [9.17, 15) is 4.79 Å². The minimum absolute atomic E-state index is 0.161. The summed E-state index contributed by atoms with van der Waals surface area (Å²) in [7, 11) is 1.64. The monoisotopic (exact) mass is 462 g/mol. The van der Waals surface area contributed by atoms with Crippen LogP contribution in [0.1, 0.15) is 11.1 Å². The van der Waals surface area contributed by atoms with Crippen molar-refractivity contribution in [3.8, 4) is 28.7 Å². The molecule has 0 bridgehead atoms. The van der Waals surface area contributed by atoms with Crippen LogP contribution in [0.4, 0.5) is 10.5 Å². The predicted molar refractivity (Wildman–Crippen MR) is 126 cm³/mol. The molecule has 34 heavy (non-hydrogen) atoms. The van der Waals surface area contributed by atoms with E-state index < -0.39 is 0 Å². The van der Waals surface area contributed by atoms with Crippen LogP contribution in [-0.2, 0) is 12.8 Å². The number of amides is 2. The lowest BCUT2D eigenvalue weighted by Gasteiger charge is -2.21. The molecule has 0 radical (unpaired) electrons. The number of nitrogens with one attached hydrogen (secondary N) is 2. The zero-order valence-electron chi connectivity index (χ0n) is 18.8. The number of carbonyl (C=O) groups is 1. The minimum atomic E-state index is -0.295. The highest BCUT2D eigenvalue weighted by Gasteiger charge is 2.19. The van der Waals surface area contributed by atoms with Gasteiger partial charge in [0.05, 0.1) is 7.11 Å². The Balaban J connectivity index is 1.30. The van der Waals surface area contributed by atoms with E-state index in [1.165, 1.54) is 0 Å². The standard InChI is InChI=1S/C26H26N2O6/c1-30-21-6-2-17(3-7-21)12-20(13-18-4-8-23-24(14-18)34-16-33-23)28-26(29)27-19-5-9-22-25(15-19)32-11-10-31-22/h2-9,14-15,20H,10-13,16H2,1H3,(H2,27,28,29)/t20-/m0/s1. The fourth-order valence-corrected chi connectivity index (χ4v) is 4.05. The molecule has 2 amide bonds. The average Bonchev–Trinajstić information content (AvgIpc) is 3.32. The van der Waals surface area contributed by atoms with Gasteiger partial charge in [-0.2, -0.15) is 0 Å². The van der Waals surface area contributed by atoms with Gasteiger partial charge in [-0.25, -0.2) is 4.79 Å². The first-order valence-electron chi connectivity index (χ1n) is 11.1. The molecule has 0 fully saturated rings. The lowest BCUT2D eigenvalue weighted by atomic mass is 9.98. The third-order valence-electron chi connectivity index (χ3n) is 5.70. The molecule has 0 unspecified atom stereocenters. The summed E-state index contributed by atoms with van der Waals surface area (Å²) in [6, 6.07) is 18.6. The van der Waals surface area contributed by atoms with Crippen LogP contribution in [0.5, 0.6) is 28.7 Å². The van der Waals surface area contributed by atoms with Gasteiger partial charge in [0.25, 0.3) is 0 Å². The van der Waals surface area contributed by atoms with Crippen LogP contribution in [0, 0.1) is 0 Å². The molecule has 2 heterocycles. The highest BCUT2D eigenvalue weighted by atomic mass is 16.7. The molecule has 5 rings (SSSR count). The summed E-state index contributed by atoms with van der Waals surface area (Å²) >= 11 is 0. The summed E-state index contributed by atoms with van der Waals surface area (Å²) in [6.45, 7) is 1.24. The second-order valence-electron chi connectivity index (χ2n) is 8.10. The van der Waals surface area contributed by atoms with Gasteiger partial charge in [-0.15, -0.1) is 0 Å². The first kappa shape index (κ1) is 21.8. The van der Waals surface area contributed by atoms with Crippen LogP contribution < -0.4 is 34.3 Å². The number of anilines is 1. The zero-order valence-corrected chi connectivity index (χ0v) is 18.8. The van der Waals surface area contributed by atoms with E-state index in [1.807, 2.05) is 42.5 Å². The number of ether oxygens (including phenoxy) is 5. The molecule has 0 saturated carbocycles. The van der Waals surface area contributed by atoms with Crippen LogP contribution in [0.25, 0.3) is 0 Å². The number of urea groups is 1. The van der Waals surface area contributed by atoms with E-state index in [2.05, 4.69) is 10.6 Å². The Morgan fingerprint density at radius 1 is 0.824 bits per heavy atom. The molecule has 8 heteroatoms. The van der Waals surface area contributed by atoms with E-state index >= 15 is 0 Å². The van der Waals surface area contributed by atoms with E-state index in [0.717, 1.165) is 28.4 Å². The van der Waals surface area contributed by atoms with Gasteiger partial charge in [-0.3, -0.25) is 0 Å². The van der Waals surface area contributed by atoms with Gasteiger partial charge in [0.2, 0.25) is 6.79 Å². The maximum Gasteiger partial charge on any atom is 0.319 e. The van der Waals surface area contributed by atoms with E-state index in [1.54, 1.807) is 25.3 Å². The Bertz CT molecular complexity index is 1160. The Morgan fingerprint density at radius 3 is 2.29 bits per heavy atom. The molecule has 2 N–H and O–H groups in total. The van der Waals surface area contributed by atoms with Crippen molar-refractivity contribution in [3.63, 3.8) is 0 Å². The van der Waals surface area contributed by atoms with Crippen LogP contribution in [-0.4, -0.2) is 39.2 Å². The predicted octanol–water partition coefficient (Wildman–Crippen LogP) is 4.17. The Kier molecular flexibility index (Phi) is 6.29. The first-order valence-corrected chi connectivity index (χ1v) is 11.1. The maximum absolute atomic E-state index is 12.9. The molecule has 2 aliphatic heterocycles. The topological polar surface area (TPSA) is 87.3 Å². The van der Waals surface area contributed by atoms with E-state index in [-0.39, 0.29) is 18.9 Å². The van der Waals surface area contributed by atoms with Crippen molar-refractivity contribution in [1.29, 1.82) is 0 Å². The SMILES string of the molecule is COc1ccc(C[C@@H](Cc2ccc3c(c2)OCO3)NC(=O)Nc2ccc3c(c2)OCCO3)cc1. The largest absolute Gasteiger partial charge is 0.497 e. The van der Waals surface area contributed by atoms with E-state index in [4.69, 9.17) is 23.7 Å². The lowest BCUT2D eigenvalue weighted by Crippen LogP contribution is -2.40. The van der Waals surface area contributed by atoms with Crippen molar-refractivity contribution in [1.82, 2.24) is 5.32 Å². The Labute approximate surface area is 197 Å². The van der Waals surface area contributed by atoms with Gasteiger partial charge in [0.15, 0.2) is 23.0 Å². The summed E-state index contributed by atoms with van der Waals surface area (Å²) in [5, 5.41) is 6.02. The highest BCUT2D eigenvalue weighted by molar-refractivity contribution is 5.90. The van der Waals surface area contributed by atoms with Gasteiger partial charge >= 0.3 is 6.03 Å². The fraction of sp³-hybridized carbons (Fsp3) is 0.269. The molecule has 0 saturated heterocycles. The molecule has 3 aromatic rings. The number of methoxy groups -OCH3 is 1. The molecular weight excluding hydrogens is 436 g/mol. The van der Waals surface area contributed by atoms with Gasteiger partial charge in [-0.05, 0) is 60.4 Å². The maximum atomic E-state index is 12.9. The minimum Gasteiger partial charge on any atom is -0.497 e. The normalized spacial score (nSPS) is 14.3. The number of fused-ring (bicyclic) bond motifs is 2. The highest BCUT2D eigenvalue weighted by Crippen LogP contribution is 2.34. The summed E-state index contributed by atoms with van der Waals surface area (Å²) in [6.07, 6.45) is 1.27. The first-order chi connectivity index (χ1) is 16.7. The van der Waals surface area contributed by atoms with Crippen LogP contribution in [0.15, 0.2) is 60.7 Å². The quantitative estimate of drug-likeness (QED) is 0.548. The van der Waals surface area contributed by atoms with Crippen molar-refractivity contribution in [2.75, 3.05) is 32.4 Å². The molecule has 8 nitrogen and oxygen atoms in total. The number of hydrogen-bond donors (Lipinski definition) is 2. The van der Waals surface area contributed by atoms with Crippen molar-refractivity contribution in [2.24, 2.45) is 0 Å². The number of benzene rings is 3. The number of carbonyl (C=O) groups excluding carboxylic acids is 1. The van der Waals surface area contributed by atoms with Crippen molar-refractivity contribution in [3.05, 3.63) is 71.8 Å². The molecule has 0 spiro atoms. The van der Waals surface area contributed by atoms with Gasteiger partial charge in [0.1, 0.15) is 19.0 Å². The molecule has 2 aliphatic rings. The van der Waals surface area contributed by atoms with Gasteiger partial charge in [0, 0.05) is 17.8 Å². The Morgan fingerprint density at radius 2 is 1.47 bits per heavy atom.